The maximum absolute atomic E-state index is 11.0. The lowest BCUT2D eigenvalue weighted by atomic mass is 9.88. The Hall–Kier alpha value is -1.16. The number of hydrogen-bond acceptors (Lipinski definition) is 3. The molecule has 0 bridgehead atoms. The van der Waals surface area contributed by atoms with Crippen LogP contribution in [0.4, 0.5) is 0 Å². The highest BCUT2D eigenvalue weighted by molar-refractivity contribution is 7.99. The minimum atomic E-state index is -0.718. The third-order valence-electron chi connectivity index (χ3n) is 3.10. The van der Waals surface area contributed by atoms with Crippen LogP contribution in [0.3, 0.4) is 0 Å². The molecular weight excluding hydrogens is 260 g/mol. The van der Waals surface area contributed by atoms with E-state index < -0.39 is 11.4 Å². The molecule has 0 spiro atoms. The van der Waals surface area contributed by atoms with Gasteiger partial charge in [-0.05, 0) is 44.6 Å². The number of methoxy groups -OCH3 is 1. The second-order valence-corrected chi connectivity index (χ2v) is 6.28. The van der Waals surface area contributed by atoms with Gasteiger partial charge >= 0.3 is 5.97 Å². The second kappa shape index (κ2) is 7.43. The first-order valence-corrected chi connectivity index (χ1v) is 7.45. The van der Waals surface area contributed by atoms with Crippen LogP contribution in [0.5, 0.6) is 5.75 Å². The topological polar surface area (TPSA) is 46.5 Å². The molecule has 1 rings (SSSR count). The fourth-order valence-corrected chi connectivity index (χ4v) is 2.73. The summed E-state index contributed by atoms with van der Waals surface area (Å²) >= 11 is 1.76. The minimum Gasteiger partial charge on any atom is -0.496 e. The predicted octanol–water partition coefficient (Wildman–Crippen LogP) is 4.07. The van der Waals surface area contributed by atoms with Crippen molar-refractivity contribution in [3.63, 3.8) is 0 Å². The summed E-state index contributed by atoms with van der Waals surface area (Å²) in [5, 5.41) is 9.02. The minimum absolute atomic E-state index is 0.616. The molecule has 1 aromatic carbocycles. The molecule has 0 atom stereocenters. The Morgan fingerprint density at radius 2 is 2.00 bits per heavy atom. The molecule has 0 aliphatic carbocycles. The largest absolute Gasteiger partial charge is 0.496 e. The van der Waals surface area contributed by atoms with Gasteiger partial charge in [0.05, 0.1) is 12.5 Å². The van der Waals surface area contributed by atoms with E-state index in [1.54, 1.807) is 32.7 Å². The average molecular weight is 282 g/mol. The predicted molar refractivity (Wildman–Crippen MR) is 79.0 cm³/mol. The molecule has 0 amide bonds. The molecule has 3 nitrogen and oxygen atoms in total. The normalized spacial score (nSPS) is 11.3. The lowest BCUT2D eigenvalue weighted by Crippen LogP contribution is -2.23. The van der Waals surface area contributed by atoms with Gasteiger partial charge in [-0.2, -0.15) is 0 Å². The average Bonchev–Trinajstić information content (AvgIpc) is 2.38. The molecule has 0 aliphatic rings. The first-order valence-electron chi connectivity index (χ1n) is 6.46. The molecule has 0 aliphatic heterocycles. The van der Waals surface area contributed by atoms with Crippen molar-refractivity contribution in [2.45, 2.75) is 38.0 Å². The smallest absolute Gasteiger partial charge is 0.309 e. The Labute approximate surface area is 119 Å². The van der Waals surface area contributed by atoms with E-state index in [0.29, 0.717) is 0 Å². The molecule has 0 radical (unpaired) electrons. The highest BCUT2D eigenvalue weighted by Gasteiger charge is 2.25. The molecule has 4 heteroatoms. The van der Waals surface area contributed by atoms with Gasteiger partial charge in [-0.25, -0.2) is 0 Å². The molecule has 106 valence electrons. The lowest BCUT2D eigenvalue weighted by molar-refractivity contribution is -0.147. The zero-order chi connectivity index (χ0) is 14.3. The van der Waals surface area contributed by atoms with Crippen molar-refractivity contribution in [3.05, 3.63) is 24.3 Å². The zero-order valence-electron chi connectivity index (χ0n) is 11.8. The molecule has 0 heterocycles. The molecular formula is C15H22O3S. The highest BCUT2D eigenvalue weighted by atomic mass is 32.2. The number of hydrogen-bond donors (Lipinski definition) is 1. The first kappa shape index (κ1) is 15.9. The molecule has 19 heavy (non-hydrogen) atoms. The summed E-state index contributed by atoms with van der Waals surface area (Å²) in [6.07, 6.45) is 2.66. The highest BCUT2D eigenvalue weighted by Crippen LogP contribution is 2.30. The third-order valence-corrected chi connectivity index (χ3v) is 4.24. The summed E-state index contributed by atoms with van der Waals surface area (Å²) in [5.41, 5.74) is -0.616. The van der Waals surface area contributed by atoms with E-state index in [0.717, 1.165) is 35.7 Å². The maximum atomic E-state index is 11.0. The first-order chi connectivity index (χ1) is 8.97. The molecule has 0 unspecified atom stereocenters. The quantitative estimate of drug-likeness (QED) is 0.577. The number of aliphatic carboxylic acids is 1. The molecule has 0 saturated carbocycles. The Morgan fingerprint density at radius 1 is 1.32 bits per heavy atom. The Balaban J connectivity index is 2.30. The van der Waals surface area contributed by atoms with Crippen LogP contribution < -0.4 is 4.74 Å². The van der Waals surface area contributed by atoms with Crippen LogP contribution >= 0.6 is 11.8 Å². The van der Waals surface area contributed by atoms with E-state index in [9.17, 15) is 4.79 Å². The van der Waals surface area contributed by atoms with Gasteiger partial charge in [0.25, 0.3) is 0 Å². The summed E-state index contributed by atoms with van der Waals surface area (Å²) in [7, 11) is 1.68. The van der Waals surface area contributed by atoms with Crippen LogP contribution in [0.25, 0.3) is 0 Å². The zero-order valence-corrected chi connectivity index (χ0v) is 12.6. The van der Waals surface area contributed by atoms with E-state index in [1.165, 1.54) is 0 Å². The van der Waals surface area contributed by atoms with Crippen LogP contribution in [0.2, 0.25) is 0 Å². The summed E-state index contributed by atoms with van der Waals surface area (Å²) in [4.78, 5) is 12.1. The van der Waals surface area contributed by atoms with Crippen molar-refractivity contribution in [1.29, 1.82) is 0 Å². The fourth-order valence-electron chi connectivity index (χ4n) is 1.70. The van der Waals surface area contributed by atoms with Crippen molar-refractivity contribution in [1.82, 2.24) is 0 Å². The van der Waals surface area contributed by atoms with E-state index in [4.69, 9.17) is 9.84 Å². The standard InChI is InChI=1S/C15H22O3S/c1-15(2,14(16)17)10-6-7-11-19-13-9-5-4-8-12(13)18-3/h4-5,8-9H,6-7,10-11H2,1-3H3,(H,16,17). The van der Waals surface area contributed by atoms with Gasteiger partial charge in [0.15, 0.2) is 0 Å². The Morgan fingerprint density at radius 3 is 2.63 bits per heavy atom. The lowest BCUT2D eigenvalue weighted by Gasteiger charge is -2.18. The number of unbranched alkanes of at least 4 members (excludes halogenated alkanes) is 1. The van der Waals surface area contributed by atoms with Gasteiger partial charge in [-0.3, -0.25) is 4.79 Å². The van der Waals surface area contributed by atoms with E-state index >= 15 is 0 Å². The second-order valence-electron chi connectivity index (χ2n) is 5.15. The fraction of sp³-hybridized carbons (Fsp3) is 0.533. The maximum Gasteiger partial charge on any atom is 0.309 e. The number of rotatable bonds is 8. The van der Waals surface area contributed by atoms with Crippen molar-refractivity contribution >= 4 is 17.7 Å². The van der Waals surface area contributed by atoms with Gasteiger partial charge in [0.1, 0.15) is 5.75 Å². The molecule has 1 aromatic rings. The van der Waals surface area contributed by atoms with E-state index in [-0.39, 0.29) is 0 Å². The number of ether oxygens (including phenoxy) is 1. The molecule has 0 fully saturated rings. The van der Waals surface area contributed by atoms with Crippen LogP contribution in [0.15, 0.2) is 29.2 Å². The summed E-state index contributed by atoms with van der Waals surface area (Å²) in [6, 6.07) is 7.96. The summed E-state index contributed by atoms with van der Waals surface area (Å²) in [5.74, 6) is 1.17. The van der Waals surface area contributed by atoms with Gasteiger partial charge < -0.3 is 9.84 Å². The monoisotopic (exact) mass is 282 g/mol. The van der Waals surface area contributed by atoms with Gasteiger partial charge in [0, 0.05) is 4.90 Å². The SMILES string of the molecule is COc1ccccc1SCCCCC(C)(C)C(=O)O. The summed E-state index contributed by atoms with van der Waals surface area (Å²) < 4.78 is 5.29. The van der Waals surface area contributed by atoms with E-state index in [2.05, 4.69) is 0 Å². The van der Waals surface area contributed by atoms with Crippen molar-refractivity contribution in [2.75, 3.05) is 12.9 Å². The van der Waals surface area contributed by atoms with Crippen LogP contribution in [0, 0.1) is 5.41 Å². The number of carboxylic acids is 1. The number of carbonyl (C=O) groups is 1. The van der Waals surface area contributed by atoms with Gasteiger partial charge in [-0.15, -0.1) is 11.8 Å². The van der Waals surface area contributed by atoms with Crippen molar-refractivity contribution < 1.29 is 14.6 Å². The number of thioether (sulfide) groups is 1. The van der Waals surface area contributed by atoms with Crippen molar-refractivity contribution in [3.8, 4) is 5.75 Å². The molecule has 0 saturated heterocycles. The van der Waals surface area contributed by atoms with Crippen LogP contribution in [-0.2, 0) is 4.79 Å². The Bertz CT molecular complexity index is 416. The number of carboxylic acid groups (broad SMARTS) is 1. The van der Waals surface area contributed by atoms with E-state index in [1.807, 2.05) is 24.3 Å². The Kier molecular flexibility index (Phi) is 6.22. The number of benzene rings is 1. The van der Waals surface area contributed by atoms with Crippen LogP contribution in [0.1, 0.15) is 33.1 Å². The van der Waals surface area contributed by atoms with Gasteiger partial charge in [-0.1, -0.05) is 18.6 Å². The summed E-state index contributed by atoms with van der Waals surface area (Å²) in [6.45, 7) is 3.56. The molecule has 0 aromatic heterocycles. The van der Waals surface area contributed by atoms with Gasteiger partial charge in [0.2, 0.25) is 0 Å². The number of para-hydroxylation sites is 1. The molecule has 1 N–H and O–H groups in total. The van der Waals surface area contributed by atoms with Crippen molar-refractivity contribution in [2.24, 2.45) is 5.41 Å². The van der Waals surface area contributed by atoms with Crippen LogP contribution in [-0.4, -0.2) is 23.9 Å². The third kappa shape index (κ3) is 5.15.